The van der Waals surface area contributed by atoms with Crippen LogP contribution >= 0.6 is 0 Å². The van der Waals surface area contributed by atoms with E-state index in [2.05, 4.69) is 25.3 Å². The second-order valence-electron chi connectivity index (χ2n) is 5.86. The number of furan rings is 1. The number of H-pyrrole nitrogens is 1. The van der Waals surface area contributed by atoms with E-state index in [9.17, 15) is 4.79 Å². The Balaban J connectivity index is 1.63. The lowest BCUT2D eigenvalue weighted by Crippen LogP contribution is -2.24. The minimum absolute atomic E-state index is 0.150. The van der Waals surface area contributed by atoms with Crippen molar-refractivity contribution in [3.05, 3.63) is 59.8 Å². The molecule has 8 nitrogen and oxygen atoms in total. The van der Waals surface area contributed by atoms with Crippen molar-refractivity contribution in [3.63, 3.8) is 0 Å². The van der Waals surface area contributed by atoms with Crippen molar-refractivity contribution in [2.24, 2.45) is 0 Å². The molecule has 0 radical (unpaired) electrons. The molecule has 0 spiro atoms. The molecule has 0 saturated carbocycles. The van der Waals surface area contributed by atoms with Crippen molar-refractivity contribution in [1.82, 2.24) is 25.3 Å². The first-order chi connectivity index (χ1) is 12.6. The van der Waals surface area contributed by atoms with E-state index in [1.807, 2.05) is 25.1 Å². The number of aryl methyl sites for hydroxylation is 1. The molecule has 1 amide bonds. The summed E-state index contributed by atoms with van der Waals surface area (Å²) in [5, 5.41) is 2.73. The highest BCUT2D eigenvalue weighted by atomic mass is 16.3. The average molecular weight is 348 g/mol. The lowest BCUT2D eigenvalue weighted by atomic mass is 10.2. The minimum atomic E-state index is -0.373. The maximum atomic E-state index is 12.3. The van der Waals surface area contributed by atoms with Crippen molar-refractivity contribution in [2.45, 2.75) is 13.5 Å². The Kier molecular flexibility index (Phi) is 3.85. The summed E-state index contributed by atoms with van der Waals surface area (Å²) in [6, 6.07) is 9.40. The largest absolute Gasteiger partial charge is 0.467 e. The van der Waals surface area contributed by atoms with Gasteiger partial charge < -0.3 is 20.5 Å². The molecule has 0 aliphatic rings. The zero-order chi connectivity index (χ0) is 18.1. The molecule has 0 atom stereocenters. The zero-order valence-corrected chi connectivity index (χ0v) is 14.0. The van der Waals surface area contributed by atoms with Crippen molar-refractivity contribution in [3.8, 4) is 11.5 Å². The smallest absolute Gasteiger partial charge is 0.271 e. The fraction of sp³-hybridized carbons (Fsp3) is 0.111. The Morgan fingerprint density at radius 3 is 3.00 bits per heavy atom. The number of anilines is 1. The van der Waals surface area contributed by atoms with Crippen molar-refractivity contribution >= 4 is 22.8 Å². The minimum Gasteiger partial charge on any atom is -0.467 e. The predicted octanol–water partition coefficient (Wildman–Crippen LogP) is 2.43. The summed E-state index contributed by atoms with van der Waals surface area (Å²) in [5.74, 6) is 0.941. The highest BCUT2D eigenvalue weighted by Gasteiger charge is 2.16. The zero-order valence-electron chi connectivity index (χ0n) is 14.0. The van der Waals surface area contributed by atoms with E-state index in [-0.39, 0.29) is 24.0 Å². The average Bonchev–Trinajstić information content (AvgIpc) is 3.29. The maximum absolute atomic E-state index is 12.3. The number of amides is 1. The van der Waals surface area contributed by atoms with E-state index in [0.717, 1.165) is 16.6 Å². The predicted molar refractivity (Wildman–Crippen MR) is 96.1 cm³/mol. The molecule has 0 aliphatic heterocycles. The maximum Gasteiger partial charge on any atom is 0.271 e. The first kappa shape index (κ1) is 15.8. The van der Waals surface area contributed by atoms with Gasteiger partial charge in [0.2, 0.25) is 0 Å². The van der Waals surface area contributed by atoms with Crippen LogP contribution in [0, 0.1) is 6.92 Å². The Hall–Kier alpha value is -3.68. The van der Waals surface area contributed by atoms with Gasteiger partial charge in [-0.25, -0.2) is 15.0 Å². The van der Waals surface area contributed by atoms with Gasteiger partial charge in [0.1, 0.15) is 17.1 Å². The standard InChI is InChI=1S/C18H16N6O2/c1-10-4-5-12-13(7-10)24-17(23-12)15-16(19)20-9-14(22-15)18(25)21-8-11-3-2-6-26-11/h2-7,9H,8H2,1H3,(H2,19,20)(H,21,25)(H,23,24). The lowest BCUT2D eigenvalue weighted by Gasteiger charge is -2.05. The fourth-order valence-electron chi connectivity index (χ4n) is 2.59. The van der Waals surface area contributed by atoms with Gasteiger partial charge in [0, 0.05) is 0 Å². The molecule has 4 rings (SSSR count). The van der Waals surface area contributed by atoms with Gasteiger partial charge in [0.05, 0.1) is 30.0 Å². The molecular formula is C18H16N6O2. The van der Waals surface area contributed by atoms with E-state index in [0.29, 0.717) is 17.3 Å². The number of aromatic nitrogens is 4. The molecule has 4 aromatic rings. The molecule has 4 N–H and O–H groups in total. The number of nitrogens with two attached hydrogens (primary N) is 1. The second kappa shape index (κ2) is 6.32. The van der Waals surface area contributed by atoms with Crippen LogP contribution in [0.15, 0.2) is 47.2 Å². The van der Waals surface area contributed by atoms with Gasteiger partial charge in [0.15, 0.2) is 11.6 Å². The normalized spacial score (nSPS) is 11.0. The second-order valence-corrected chi connectivity index (χ2v) is 5.86. The molecule has 0 bridgehead atoms. The molecule has 8 heteroatoms. The fourth-order valence-corrected chi connectivity index (χ4v) is 2.59. The molecule has 1 aromatic carbocycles. The molecule has 26 heavy (non-hydrogen) atoms. The number of carbonyl (C=O) groups excluding carboxylic acids is 1. The van der Waals surface area contributed by atoms with Crippen molar-refractivity contribution in [1.29, 1.82) is 0 Å². The number of aromatic amines is 1. The SMILES string of the molecule is Cc1ccc2nc(-c3nc(C(=O)NCc4ccco4)cnc3N)[nH]c2c1. The van der Waals surface area contributed by atoms with Crippen LogP contribution in [0.5, 0.6) is 0 Å². The third-order valence-corrected chi connectivity index (χ3v) is 3.90. The summed E-state index contributed by atoms with van der Waals surface area (Å²) < 4.78 is 5.19. The summed E-state index contributed by atoms with van der Waals surface area (Å²) in [7, 11) is 0. The van der Waals surface area contributed by atoms with Gasteiger partial charge in [0.25, 0.3) is 5.91 Å². The molecule has 130 valence electrons. The molecule has 0 unspecified atom stereocenters. The Morgan fingerprint density at radius 2 is 2.19 bits per heavy atom. The van der Waals surface area contributed by atoms with Crippen LogP contribution in [0.2, 0.25) is 0 Å². The van der Waals surface area contributed by atoms with Crippen LogP contribution in [-0.2, 0) is 6.54 Å². The van der Waals surface area contributed by atoms with Crippen LogP contribution in [0.3, 0.4) is 0 Å². The summed E-state index contributed by atoms with van der Waals surface area (Å²) in [4.78, 5) is 28.4. The molecular weight excluding hydrogens is 332 g/mol. The van der Waals surface area contributed by atoms with Crippen LogP contribution in [0.25, 0.3) is 22.6 Å². The quantitative estimate of drug-likeness (QED) is 0.520. The lowest BCUT2D eigenvalue weighted by molar-refractivity contribution is 0.0943. The number of rotatable bonds is 4. The van der Waals surface area contributed by atoms with E-state index < -0.39 is 0 Å². The highest BCUT2D eigenvalue weighted by Crippen LogP contribution is 2.23. The first-order valence-corrected chi connectivity index (χ1v) is 8.00. The van der Waals surface area contributed by atoms with Gasteiger partial charge in [-0.05, 0) is 36.8 Å². The van der Waals surface area contributed by atoms with E-state index in [1.54, 1.807) is 18.4 Å². The van der Waals surface area contributed by atoms with Crippen LogP contribution < -0.4 is 11.1 Å². The Labute approximate surface area is 148 Å². The van der Waals surface area contributed by atoms with Gasteiger partial charge >= 0.3 is 0 Å². The molecule has 3 heterocycles. The monoisotopic (exact) mass is 348 g/mol. The van der Waals surface area contributed by atoms with Gasteiger partial charge in [-0.2, -0.15) is 0 Å². The summed E-state index contributed by atoms with van der Waals surface area (Å²) >= 11 is 0. The third-order valence-electron chi connectivity index (χ3n) is 3.90. The number of nitrogens with zero attached hydrogens (tertiary/aromatic N) is 3. The van der Waals surface area contributed by atoms with Crippen LogP contribution in [0.1, 0.15) is 21.8 Å². The third kappa shape index (κ3) is 3.00. The number of carbonyl (C=O) groups is 1. The molecule has 0 saturated heterocycles. The number of imidazole rings is 1. The summed E-state index contributed by atoms with van der Waals surface area (Å²) in [6.45, 7) is 2.26. The molecule has 3 aromatic heterocycles. The summed E-state index contributed by atoms with van der Waals surface area (Å²) in [6.07, 6.45) is 2.88. The first-order valence-electron chi connectivity index (χ1n) is 8.00. The van der Waals surface area contributed by atoms with Gasteiger partial charge in [-0.3, -0.25) is 4.79 Å². The Bertz CT molecular complexity index is 1080. The number of benzene rings is 1. The van der Waals surface area contributed by atoms with Crippen LogP contribution in [0.4, 0.5) is 5.82 Å². The Morgan fingerprint density at radius 1 is 1.31 bits per heavy atom. The highest BCUT2D eigenvalue weighted by molar-refractivity contribution is 5.93. The summed E-state index contributed by atoms with van der Waals surface area (Å²) in [5.41, 5.74) is 9.20. The van der Waals surface area contributed by atoms with Gasteiger partial charge in [-0.15, -0.1) is 0 Å². The van der Waals surface area contributed by atoms with Crippen molar-refractivity contribution < 1.29 is 9.21 Å². The van der Waals surface area contributed by atoms with Crippen molar-refractivity contribution in [2.75, 3.05) is 5.73 Å². The number of hydrogen-bond acceptors (Lipinski definition) is 6. The number of hydrogen-bond donors (Lipinski definition) is 3. The van der Waals surface area contributed by atoms with E-state index in [1.165, 1.54) is 6.20 Å². The van der Waals surface area contributed by atoms with E-state index in [4.69, 9.17) is 10.2 Å². The number of nitrogens with one attached hydrogen (secondary N) is 2. The number of fused-ring (bicyclic) bond motifs is 1. The number of nitrogen functional groups attached to an aromatic ring is 1. The molecule has 0 fully saturated rings. The van der Waals surface area contributed by atoms with Crippen LogP contribution in [-0.4, -0.2) is 25.8 Å². The topological polar surface area (TPSA) is 123 Å². The van der Waals surface area contributed by atoms with E-state index >= 15 is 0 Å². The molecule has 0 aliphatic carbocycles. The van der Waals surface area contributed by atoms with Gasteiger partial charge in [-0.1, -0.05) is 6.07 Å².